The first-order valence-corrected chi connectivity index (χ1v) is 7.92. The van der Waals surface area contributed by atoms with E-state index in [1.54, 1.807) is 0 Å². The summed E-state index contributed by atoms with van der Waals surface area (Å²) in [4.78, 5) is 23.0. The summed E-state index contributed by atoms with van der Waals surface area (Å²) in [6.45, 7) is 0.539. The number of aliphatic carboxylic acids is 1. The van der Waals surface area contributed by atoms with Crippen molar-refractivity contribution in [2.75, 3.05) is 18.1 Å². The molecule has 0 spiro atoms. The highest BCUT2D eigenvalue weighted by Gasteiger charge is 2.31. The number of thioether (sulfide) groups is 1. The molecule has 2 rings (SSSR count). The van der Waals surface area contributed by atoms with Gasteiger partial charge in [-0.15, -0.1) is 0 Å². The van der Waals surface area contributed by atoms with E-state index in [9.17, 15) is 9.59 Å². The number of hydrogen-bond donors (Lipinski definition) is 2. The third-order valence-corrected chi connectivity index (χ3v) is 5.23. The van der Waals surface area contributed by atoms with Crippen LogP contribution in [0, 0.1) is 17.8 Å². The van der Waals surface area contributed by atoms with Crippen LogP contribution in [0.2, 0.25) is 0 Å². The van der Waals surface area contributed by atoms with Crippen LogP contribution in [-0.4, -0.2) is 35.0 Å². The van der Waals surface area contributed by atoms with Crippen LogP contribution < -0.4 is 5.32 Å². The van der Waals surface area contributed by atoms with E-state index in [-0.39, 0.29) is 23.7 Å². The van der Waals surface area contributed by atoms with Crippen LogP contribution in [0.1, 0.15) is 32.1 Å². The van der Waals surface area contributed by atoms with Crippen molar-refractivity contribution in [3.8, 4) is 0 Å². The molecule has 1 heterocycles. The molecule has 2 N–H and O–H groups in total. The van der Waals surface area contributed by atoms with Crippen molar-refractivity contribution < 1.29 is 14.7 Å². The number of carbonyl (C=O) groups is 2. The Kier molecular flexibility index (Phi) is 4.92. The van der Waals surface area contributed by atoms with E-state index >= 15 is 0 Å². The minimum absolute atomic E-state index is 0.120. The fourth-order valence-corrected chi connectivity index (χ4v) is 4.11. The van der Waals surface area contributed by atoms with Gasteiger partial charge in [-0.25, -0.2) is 0 Å². The molecule has 1 saturated heterocycles. The van der Waals surface area contributed by atoms with Gasteiger partial charge in [-0.2, -0.15) is 11.8 Å². The normalized spacial score (nSPS) is 32.1. The highest BCUT2D eigenvalue weighted by molar-refractivity contribution is 7.99. The van der Waals surface area contributed by atoms with Gasteiger partial charge in [0.25, 0.3) is 0 Å². The molecule has 0 aromatic rings. The molecule has 1 aliphatic carbocycles. The van der Waals surface area contributed by atoms with Crippen LogP contribution in [-0.2, 0) is 9.59 Å². The van der Waals surface area contributed by atoms with Crippen molar-refractivity contribution in [3.05, 3.63) is 0 Å². The Hall–Kier alpha value is -0.710. The minimum atomic E-state index is -0.703. The van der Waals surface area contributed by atoms with Gasteiger partial charge in [0, 0.05) is 18.2 Å². The maximum atomic E-state index is 11.9. The zero-order chi connectivity index (χ0) is 13.0. The molecule has 4 nitrogen and oxygen atoms in total. The highest BCUT2D eigenvalue weighted by Crippen LogP contribution is 2.30. The van der Waals surface area contributed by atoms with E-state index in [1.807, 2.05) is 11.8 Å². The van der Waals surface area contributed by atoms with Crippen molar-refractivity contribution in [1.82, 2.24) is 5.32 Å². The van der Waals surface area contributed by atoms with E-state index in [0.717, 1.165) is 43.6 Å². The van der Waals surface area contributed by atoms with Crippen molar-refractivity contribution in [2.24, 2.45) is 17.8 Å². The molecule has 0 radical (unpaired) electrons. The Balaban J connectivity index is 1.80. The van der Waals surface area contributed by atoms with Crippen LogP contribution in [0.15, 0.2) is 0 Å². The van der Waals surface area contributed by atoms with Crippen LogP contribution in [0.25, 0.3) is 0 Å². The van der Waals surface area contributed by atoms with Gasteiger partial charge in [0.05, 0.1) is 5.92 Å². The molecular formula is C13H21NO3S. The van der Waals surface area contributed by atoms with E-state index in [0.29, 0.717) is 6.54 Å². The van der Waals surface area contributed by atoms with Crippen molar-refractivity contribution >= 4 is 23.6 Å². The fourth-order valence-electron chi connectivity index (χ4n) is 2.89. The van der Waals surface area contributed by atoms with E-state index in [4.69, 9.17) is 5.11 Å². The smallest absolute Gasteiger partial charge is 0.306 e. The molecular weight excluding hydrogens is 250 g/mol. The molecule has 1 aliphatic heterocycles. The number of rotatable bonds is 4. The molecule has 0 aromatic heterocycles. The number of carbonyl (C=O) groups excluding carboxylic acids is 1. The molecule has 3 unspecified atom stereocenters. The molecule has 2 fully saturated rings. The summed E-state index contributed by atoms with van der Waals surface area (Å²) in [5, 5.41) is 12.1. The zero-order valence-corrected chi connectivity index (χ0v) is 11.4. The van der Waals surface area contributed by atoms with Crippen LogP contribution in [0.3, 0.4) is 0 Å². The fraction of sp³-hybridized carbons (Fsp3) is 0.846. The van der Waals surface area contributed by atoms with Crippen LogP contribution in [0.5, 0.6) is 0 Å². The third-order valence-electron chi connectivity index (χ3n) is 4.07. The molecule has 2 aliphatic rings. The highest BCUT2D eigenvalue weighted by atomic mass is 32.2. The first-order valence-electron chi connectivity index (χ1n) is 6.76. The molecule has 18 heavy (non-hydrogen) atoms. The first-order chi connectivity index (χ1) is 8.68. The summed E-state index contributed by atoms with van der Waals surface area (Å²) in [6, 6.07) is 0. The summed E-state index contributed by atoms with van der Waals surface area (Å²) >= 11 is 1.82. The molecule has 3 atom stereocenters. The summed E-state index contributed by atoms with van der Waals surface area (Å²) < 4.78 is 0. The van der Waals surface area contributed by atoms with Crippen molar-refractivity contribution in [3.63, 3.8) is 0 Å². The second kappa shape index (κ2) is 6.45. The average Bonchev–Trinajstić information content (AvgIpc) is 2.90. The second-order valence-electron chi connectivity index (χ2n) is 5.29. The topological polar surface area (TPSA) is 66.4 Å². The Morgan fingerprint density at radius 1 is 1.22 bits per heavy atom. The SMILES string of the molecule is O=C(NCC1CCCCC1C(=O)O)C1CCSC1. The minimum Gasteiger partial charge on any atom is -0.481 e. The van der Waals surface area contributed by atoms with Crippen molar-refractivity contribution in [1.29, 1.82) is 0 Å². The summed E-state index contributed by atoms with van der Waals surface area (Å²) in [6.07, 6.45) is 4.74. The summed E-state index contributed by atoms with van der Waals surface area (Å²) in [7, 11) is 0. The predicted octanol–water partition coefficient (Wildman–Crippen LogP) is 1.75. The second-order valence-corrected chi connectivity index (χ2v) is 6.44. The van der Waals surface area contributed by atoms with Gasteiger partial charge in [-0.3, -0.25) is 9.59 Å². The lowest BCUT2D eigenvalue weighted by Gasteiger charge is -2.28. The van der Waals surface area contributed by atoms with Gasteiger partial charge in [0.15, 0.2) is 0 Å². The molecule has 5 heteroatoms. The van der Waals surface area contributed by atoms with Crippen LogP contribution >= 0.6 is 11.8 Å². The Labute approximate surface area is 112 Å². The Morgan fingerprint density at radius 3 is 2.67 bits per heavy atom. The predicted molar refractivity (Wildman–Crippen MR) is 71.5 cm³/mol. The molecule has 0 aromatic carbocycles. The van der Waals surface area contributed by atoms with E-state index < -0.39 is 5.97 Å². The number of nitrogens with one attached hydrogen (secondary N) is 1. The zero-order valence-electron chi connectivity index (χ0n) is 10.6. The van der Waals surface area contributed by atoms with E-state index in [2.05, 4.69) is 5.32 Å². The Morgan fingerprint density at radius 2 is 2.00 bits per heavy atom. The number of hydrogen-bond acceptors (Lipinski definition) is 3. The Bertz CT molecular complexity index is 315. The van der Waals surface area contributed by atoms with Gasteiger partial charge >= 0.3 is 5.97 Å². The van der Waals surface area contributed by atoms with Crippen LogP contribution in [0.4, 0.5) is 0 Å². The largest absolute Gasteiger partial charge is 0.481 e. The van der Waals surface area contributed by atoms with Gasteiger partial charge in [0.1, 0.15) is 0 Å². The molecule has 102 valence electrons. The molecule has 0 bridgehead atoms. The van der Waals surface area contributed by atoms with Gasteiger partial charge in [-0.1, -0.05) is 12.8 Å². The maximum absolute atomic E-state index is 11.9. The first kappa shape index (κ1) is 13.7. The van der Waals surface area contributed by atoms with Gasteiger partial charge in [0.2, 0.25) is 5.91 Å². The number of carboxylic acid groups (broad SMARTS) is 1. The molecule has 1 saturated carbocycles. The quantitative estimate of drug-likeness (QED) is 0.817. The summed E-state index contributed by atoms with van der Waals surface area (Å²) in [5.41, 5.74) is 0. The lowest BCUT2D eigenvalue weighted by atomic mass is 9.79. The summed E-state index contributed by atoms with van der Waals surface area (Å²) in [5.74, 6) is 1.39. The van der Waals surface area contributed by atoms with Gasteiger partial charge in [-0.05, 0) is 30.9 Å². The van der Waals surface area contributed by atoms with E-state index in [1.165, 1.54) is 0 Å². The standard InChI is InChI=1S/C13H21NO3S/c15-12(10-5-6-18-8-10)14-7-9-3-1-2-4-11(9)13(16)17/h9-11H,1-8H2,(H,14,15)(H,16,17). The monoisotopic (exact) mass is 271 g/mol. The third kappa shape index (κ3) is 3.40. The number of carboxylic acids is 1. The lowest BCUT2D eigenvalue weighted by Crippen LogP contribution is -2.39. The maximum Gasteiger partial charge on any atom is 0.306 e. The average molecular weight is 271 g/mol. The molecule has 1 amide bonds. The lowest BCUT2D eigenvalue weighted by molar-refractivity contribution is -0.145. The van der Waals surface area contributed by atoms with Crippen molar-refractivity contribution in [2.45, 2.75) is 32.1 Å². The number of amides is 1. The van der Waals surface area contributed by atoms with Gasteiger partial charge < -0.3 is 10.4 Å².